The number of hydrogen-bond acceptors (Lipinski definition) is 2. The lowest BCUT2D eigenvalue weighted by Crippen LogP contribution is -1.84. The SMILES string of the molecule is Brc1ccc(Cc2cn3cc(-c4ccccc4)nc3s2)cc1. The first-order valence-electron chi connectivity index (χ1n) is 7.05. The van der Waals surface area contributed by atoms with Crippen molar-refractivity contribution < 1.29 is 0 Å². The van der Waals surface area contributed by atoms with Gasteiger partial charge in [-0.3, -0.25) is 4.40 Å². The number of rotatable bonds is 3. The summed E-state index contributed by atoms with van der Waals surface area (Å²) in [5.41, 5.74) is 3.51. The smallest absolute Gasteiger partial charge is 0.194 e. The van der Waals surface area contributed by atoms with Crippen molar-refractivity contribution in [1.82, 2.24) is 9.38 Å². The average Bonchev–Trinajstić information content (AvgIpc) is 3.09. The predicted molar refractivity (Wildman–Crippen MR) is 95.5 cm³/mol. The van der Waals surface area contributed by atoms with Gasteiger partial charge in [-0.1, -0.05) is 58.4 Å². The third kappa shape index (κ3) is 2.72. The minimum absolute atomic E-state index is 0.946. The van der Waals surface area contributed by atoms with Gasteiger partial charge in [0.1, 0.15) is 0 Å². The summed E-state index contributed by atoms with van der Waals surface area (Å²) in [5.74, 6) is 0. The standard InChI is InChI=1S/C18H13BrN2S/c19-15-8-6-13(7-9-15)10-16-11-21-12-17(20-18(21)22-16)14-4-2-1-3-5-14/h1-9,11-12H,10H2. The van der Waals surface area contributed by atoms with Gasteiger partial charge in [-0.05, 0) is 17.7 Å². The highest BCUT2D eigenvalue weighted by Crippen LogP contribution is 2.25. The molecule has 0 amide bonds. The van der Waals surface area contributed by atoms with E-state index >= 15 is 0 Å². The summed E-state index contributed by atoms with van der Waals surface area (Å²) in [6.07, 6.45) is 5.23. The fraction of sp³-hybridized carbons (Fsp3) is 0.0556. The van der Waals surface area contributed by atoms with Crippen LogP contribution in [0.2, 0.25) is 0 Å². The van der Waals surface area contributed by atoms with Gasteiger partial charge in [0.15, 0.2) is 4.96 Å². The van der Waals surface area contributed by atoms with Gasteiger partial charge >= 0.3 is 0 Å². The number of fused-ring (bicyclic) bond motifs is 1. The Bertz CT molecular complexity index is 876. The van der Waals surface area contributed by atoms with E-state index in [0.717, 1.165) is 27.1 Å². The van der Waals surface area contributed by atoms with E-state index in [1.165, 1.54) is 10.4 Å². The minimum atomic E-state index is 0.946. The molecule has 2 nitrogen and oxygen atoms in total. The maximum absolute atomic E-state index is 4.73. The molecule has 4 aromatic rings. The fourth-order valence-corrected chi connectivity index (χ4v) is 3.74. The van der Waals surface area contributed by atoms with E-state index in [1.54, 1.807) is 11.3 Å². The molecular weight excluding hydrogens is 356 g/mol. The normalized spacial score (nSPS) is 11.1. The van der Waals surface area contributed by atoms with Crippen LogP contribution in [0.1, 0.15) is 10.4 Å². The third-order valence-electron chi connectivity index (χ3n) is 3.56. The van der Waals surface area contributed by atoms with Gasteiger partial charge < -0.3 is 0 Å². The summed E-state index contributed by atoms with van der Waals surface area (Å²) in [7, 11) is 0. The van der Waals surface area contributed by atoms with Crippen molar-refractivity contribution in [2.45, 2.75) is 6.42 Å². The number of hydrogen-bond donors (Lipinski definition) is 0. The average molecular weight is 369 g/mol. The van der Waals surface area contributed by atoms with Crippen molar-refractivity contribution in [1.29, 1.82) is 0 Å². The van der Waals surface area contributed by atoms with E-state index in [0.29, 0.717) is 0 Å². The van der Waals surface area contributed by atoms with Crippen molar-refractivity contribution in [3.8, 4) is 11.3 Å². The molecule has 4 heteroatoms. The lowest BCUT2D eigenvalue weighted by atomic mass is 10.1. The Kier molecular flexibility index (Phi) is 3.56. The molecule has 0 radical (unpaired) electrons. The Balaban J connectivity index is 1.62. The van der Waals surface area contributed by atoms with Gasteiger partial charge in [0.05, 0.1) is 5.69 Å². The molecule has 0 fully saturated rings. The first kappa shape index (κ1) is 13.7. The van der Waals surface area contributed by atoms with Gasteiger partial charge in [0.2, 0.25) is 0 Å². The summed E-state index contributed by atoms with van der Waals surface area (Å²) in [4.78, 5) is 7.10. The summed E-state index contributed by atoms with van der Waals surface area (Å²) in [6.45, 7) is 0. The van der Waals surface area contributed by atoms with E-state index in [2.05, 4.69) is 69.1 Å². The zero-order valence-electron chi connectivity index (χ0n) is 11.7. The zero-order chi connectivity index (χ0) is 14.9. The van der Waals surface area contributed by atoms with Crippen LogP contribution in [0.15, 0.2) is 71.5 Å². The minimum Gasteiger partial charge on any atom is -0.297 e. The van der Waals surface area contributed by atoms with Crippen LogP contribution in [-0.2, 0) is 6.42 Å². The number of halogens is 1. The van der Waals surface area contributed by atoms with Crippen LogP contribution < -0.4 is 0 Å². The van der Waals surface area contributed by atoms with E-state index in [-0.39, 0.29) is 0 Å². The van der Waals surface area contributed by atoms with Crippen LogP contribution in [-0.4, -0.2) is 9.38 Å². The Morgan fingerprint density at radius 2 is 1.73 bits per heavy atom. The molecule has 0 saturated heterocycles. The second-order valence-electron chi connectivity index (χ2n) is 5.18. The molecule has 4 rings (SSSR count). The number of thiazole rings is 1. The molecule has 108 valence electrons. The molecule has 22 heavy (non-hydrogen) atoms. The predicted octanol–water partition coefficient (Wildman–Crippen LogP) is 5.42. The lowest BCUT2D eigenvalue weighted by Gasteiger charge is -1.98. The maximum Gasteiger partial charge on any atom is 0.194 e. The van der Waals surface area contributed by atoms with E-state index in [1.807, 2.05) is 18.2 Å². The van der Waals surface area contributed by atoms with Gasteiger partial charge in [-0.15, -0.1) is 11.3 Å². The Hall–Kier alpha value is -1.91. The number of benzene rings is 2. The summed E-state index contributed by atoms with van der Waals surface area (Å²) in [6, 6.07) is 18.8. The molecule has 0 aliphatic rings. The molecule has 0 N–H and O–H groups in total. The summed E-state index contributed by atoms with van der Waals surface area (Å²) in [5, 5.41) is 0. The largest absolute Gasteiger partial charge is 0.297 e. The van der Waals surface area contributed by atoms with E-state index < -0.39 is 0 Å². The maximum atomic E-state index is 4.73. The Morgan fingerprint density at radius 1 is 0.955 bits per heavy atom. The third-order valence-corrected chi connectivity index (χ3v) is 5.09. The van der Waals surface area contributed by atoms with E-state index in [4.69, 9.17) is 4.98 Å². The molecular formula is C18H13BrN2S. The zero-order valence-corrected chi connectivity index (χ0v) is 14.1. The first-order valence-corrected chi connectivity index (χ1v) is 8.66. The van der Waals surface area contributed by atoms with Crippen LogP contribution >= 0.6 is 27.3 Å². The molecule has 0 atom stereocenters. The molecule has 0 spiro atoms. The van der Waals surface area contributed by atoms with Crippen LogP contribution in [0.5, 0.6) is 0 Å². The molecule has 0 unspecified atom stereocenters. The number of aromatic nitrogens is 2. The Labute approximate surface area is 141 Å². The molecule has 0 aliphatic carbocycles. The van der Waals surface area contributed by atoms with Crippen LogP contribution in [0.3, 0.4) is 0 Å². The van der Waals surface area contributed by atoms with Crippen molar-refractivity contribution >= 4 is 32.2 Å². The van der Waals surface area contributed by atoms with Crippen LogP contribution in [0.4, 0.5) is 0 Å². The summed E-state index contributed by atoms with van der Waals surface area (Å²) >= 11 is 5.22. The second kappa shape index (κ2) is 5.71. The van der Waals surface area contributed by atoms with Crippen molar-refractivity contribution in [2.75, 3.05) is 0 Å². The van der Waals surface area contributed by atoms with E-state index in [9.17, 15) is 0 Å². The van der Waals surface area contributed by atoms with Gasteiger partial charge in [-0.2, -0.15) is 0 Å². The molecule has 2 aromatic heterocycles. The van der Waals surface area contributed by atoms with Crippen LogP contribution in [0.25, 0.3) is 16.2 Å². The molecule has 0 bridgehead atoms. The Morgan fingerprint density at radius 3 is 2.45 bits per heavy atom. The second-order valence-corrected chi connectivity index (χ2v) is 7.19. The first-order chi connectivity index (χ1) is 10.8. The highest BCUT2D eigenvalue weighted by Gasteiger charge is 2.08. The molecule has 2 aromatic carbocycles. The monoisotopic (exact) mass is 368 g/mol. The number of nitrogens with zero attached hydrogens (tertiary/aromatic N) is 2. The van der Waals surface area contributed by atoms with Gasteiger partial charge in [0, 0.05) is 33.7 Å². The lowest BCUT2D eigenvalue weighted by molar-refractivity contribution is 1.16. The molecule has 0 aliphatic heterocycles. The van der Waals surface area contributed by atoms with Crippen LogP contribution in [0, 0.1) is 0 Å². The highest BCUT2D eigenvalue weighted by atomic mass is 79.9. The highest BCUT2D eigenvalue weighted by molar-refractivity contribution is 9.10. The fourth-order valence-electron chi connectivity index (χ4n) is 2.48. The van der Waals surface area contributed by atoms with Crippen molar-refractivity contribution in [2.24, 2.45) is 0 Å². The van der Waals surface area contributed by atoms with Gasteiger partial charge in [-0.25, -0.2) is 4.98 Å². The topological polar surface area (TPSA) is 17.3 Å². The molecule has 2 heterocycles. The van der Waals surface area contributed by atoms with Crippen molar-refractivity contribution in [3.05, 3.63) is 81.9 Å². The number of imidazole rings is 1. The quantitative estimate of drug-likeness (QED) is 0.472. The van der Waals surface area contributed by atoms with Gasteiger partial charge in [0.25, 0.3) is 0 Å². The van der Waals surface area contributed by atoms with Crippen molar-refractivity contribution in [3.63, 3.8) is 0 Å². The summed E-state index contributed by atoms with van der Waals surface area (Å²) < 4.78 is 3.24. The molecule has 0 saturated carbocycles.